The maximum atomic E-state index is 12.7. The zero-order valence-electron chi connectivity index (χ0n) is 34.8. The zero-order chi connectivity index (χ0) is 40.5. The lowest BCUT2D eigenvalue weighted by Crippen LogP contribution is -2.30. The summed E-state index contributed by atoms with van der Waals surface area (Å²) in [7, 11) is 15.5. The number of aromatic nitrogens is 1. The third-order valence-electron chi connectivity index (χ3n) is 9.53. The van der Waals surface area contributed by atoms with E-state index < -0.39 is 0 Å². The number of nitrogens with zero attached hydrogens (tertiary/aromatic N) is 5. The Morgan fingerprint density at radius 3 is 1.52 bits per heavy atom. The predicted molar refractivity (Wildman–Crippen MR) is 245 cm³/mol. The number of nitrogens with one attached hydrogen (secondary N) is 1. The summed E-state index contributed by atoms with van der Waals surface area (Å²) in [5.74, 6) is 2.29. The van der Waals surface area contributed by atoms with E-state index in [1.165, 1.54) is 22.5 Å². The maximum absolute atomic E-state index is 12.7. The van der Waals surface area contributed by atoms with E-state index in [9.17, 15) is 9.59 Å². The lowest BCUT2D eigenvalue weighted by molar-refractivity contribution is -0.671. The topological polar surface area (TPSA) is 63.0 Å². The molecule has 10 heteroatoms. The fraction of sp³-hybridized carbons (Fsp3) is 0.413. The van der Waals surface area contributed by atoms with E-state index >= 15 is 0 Å². The minimum Gasteiger partial charge on any atom is -0.394 e. The summed E-state index contributed by atoms with van der Waals surface area (Å²) in [6.45, 7) is 5.30. The number of pyridine rings is 1. The molecule has 0 unspecified atom stereocenters. The van der Waals surface area contributed by atoms with Crippen LogP contribution in [0.2, 0.25) is 0 Å². The molecule has 0 radical (unpaired) electrons. The largest absolute Gasteiger partial charge is 0.394 e. The van der Waals surface area contributed by atoms with Crippen LogP contribution in [0.4, 0.5) is 11.4 Å². The summed E-state index contributed by atoms with van der Waals surface area (Å²) in [6.07, 6.45) is 23.4. The SMILES string of the molecule is C/C=C(\C=C/NC)/C=C/c1ccc(N(C)CCCN(C)C(=O)CCCSSCCCC(=O)N(C)CCCN(C)c2ccc(/C=C/c3cc[n+](C)cc3)cc2)cc1. The standard InChI is InChI=1S/C46H65N6O2S2/c1-8-39(27-30-47-2)15-16-40-19-23-43(24-20-40)49(4)31-11-33-51(6)45(53)13-9-37-55-56-38-10-14-46(54)52(7)34-12-32-50(5)44-25-21-41(22-26-44)17-18-42-28-35-48(3)36-29-42/h8,15-30,35-36,47H,9-14,31-34,37-38H2,1-7H3/q+1/b16-15+,30-27-,39-8-. The van der Waals surface area contributed by atoms with Crippen molar-refractivity contribution >= 4 is 63.0 Å². The van der Waals surface area contributed by atoms with E-state index in [2.05, 4.69) is 120 Å². The number of hydrogen-bond donors (Lipinski definition) is 1. The van der Waals surface area contributed by atoms with Crippen molar-refractivity contribution < 1.29 is 14.2 Å². The van der Waals surface area contributed by atoms with Gasteiger partial charge in [0.2, 0.25) is 11.8 Å². The Morgan fingerprint density at radius 1 is 0.625 bits per heavy atom. The highest BCUT2D eigenvalue weighted by atomic mass is 33.1. The predicted octanol–water partition coefficient (Wildman–Crippen LogP) is 8.59. The molecular formula is C46H65N6O2S2+. The summed E-state index contributed by atoms with van der Waals surface area (Å²) in [5.41, 5.74) is 7.00. The van der Waals surface area contributed by atoms with Crippen molar-refractivity contribution in [2.45, 2.75) is 45.4 Å². The van der Waals surface area contributed by atoms with Gasteiger partial charge in [0.05, 0.1) is 0 Å². The van der Waals surface area contributed by atoms with Crippen LogP contribution in [0, 0.1) is 0 Å². The molecule has 1 N–H and O–H groups in total. The first kappa shape index (κ1) is 46.0. The number of benzene rings is 2. The van der Waals surface area contributed by atoms with Gasteiger partial charge in [0.15, 0.2) is 12.4 Å². The lowest BCUT2D eigenvalue weighted by atomic mass is 10.1. The van der Waals surface area contributed by atoms with E-state index in [4.69, 9.17) is 0 Å². The average Bonchev–Trinajstić information content (AvgIpc) is 3.21. The number of hydrogen-bond acceptors (Lipinski definition) is 7. The van der Waals surface area contributed by atoms with Crippen molar-refractivity contribution in [3.05, 3.63) is 120 Å². The highest BCUT2D eigenvalue weighted by molar-refractivity contribution is 8.76. The average molecular weight is 798 g/mol. The molecule has 0 saturated carbocycles. The van der Waals surface area contributed by atoms with Crippen molar-refractivity contribution in [2.75, 3.05) is 82.7 Å². The van der Waals surface area contributed by atoms with Gasteiger partial charge in [0, 0.05) is 109 Å². The normalized spacial score (nSPS) is 11.8. The molecule has 0 saturated heterocycles. The molecule has 0 fully saturated rings. The van der Waals surface area contributed by atoms with E-state index in [0.29, 0.717) is 12.8 Å². The van der Waals surface area contributed by atoms with Gasteiger partial charge in [-0.25, -0.2) is 4.57 Å². The Bertz CT molecular complexity index is 1700. The second kappa shape index (κ2) is 26.4. The quantitative estimate of drug-likeness (QED) is 0.0399. The van der Waals surface area contributed by atoms with Gasteiger partial charge in [-0.15, -0.1) is 0 Å². The van der Waals surface area contributed by atoms with Gasteiger partial charge in [0.1, 0.15) is 7.05 Å². The van der Waals surface area contributed by atoms with E-state index in [0.717, 1.165) is 74.5 Å². The van der Waals surface area contributed by atoms with Crippen LogP contribution < -0.4 is 19.7 Å². The first-order chi connectivity index (χ1) is 27.1. The Labute approximate surface area is 345 Å². The van der Waals surface area contributed by atoms with Gasteiger partial charge in [-0.2, -0.15) is 0 Å². The van der Waals surface area contributed by atoms with Gasteiger partial charge in [-0.05, 0) is 91.4 Å². The minimum absolute atomic E-state index is 0.207. The molecule has 2 amide bonds. The first-order valence-corrected chi connectivity index (χ1v) is 22.2. The van der Waals surface area contributed by atoms with Crippen molar-refractivity contribution in [1.29, 1.82) is 0 Å². The van der Waals surface area contributed by atoms with Crippen LogP contribution in [-0.4, -0.2) is 94.5 Å². The number of carbonyl (C=O) groups excluding carboxylic acids is 2. The fourth-order valence-electron chi connectivity index (χ4n) is 5.78. The fourth-order valence-corrected chi connectivity index (χ4v) is 7.95. The molecular weight excluding hydrogens is 733 g/mol. The number of aryl methyl sites for hydroxylation is 1. The molecule has 0 spiro atoms. The van der Waals surface area contributed by atoms with Crippen molar-refractivity contribution in [3.8, 4) is 0 Å². The smallest absolute Gasteiger partial charge is 0.222 e. The molecule has 0 aliphatic heterocycles. The molecule has 0 atom stereocenters. The summed E-state index contributed by atoms with van der Waals surface area (Å²) in [5, 5.41) is 3.02. The Balaban J connectivity index is 1.19. The molecule has 0 aliphatic rings. The van der Waals surface area contributed by atoms with Crippen molar-refractivity contribution in [2.24, 2.45) is 7.05 Å². The van der Waals surface area contributed by atoms with Crippen LogP contribution in [0.15, 0.2) is 103 Å². The third kappa shape index (κ3) is 18.0. The summed E-state index contributed by atoms with van der Waals surface area (Å²) in [4.78, 5) is 33.6. The number of anilines is 2. The van der Waals surface area contributed by atoms with Crippen LogP contribution in [-0.2, 0) is 16.6 Å². The Morgan fingerprint density at radius 2 is 1.07 bits per heavy atom. The van der Waals surface area contributed by atoms with Crippen molar-refractivity contribution in [1.82, 2.24) is 15.1 Å². The summed E-state index contributed by atoms with van der Waals surface area (Å²) < 4.78 is 2.03. The molecule has 8 nitrogen and oxygen atoms in total. The molecule has 302 valence electrons. The highest BCUT2D eigenvalue weighted by Crippen LogP contribution is 2.24. The number of amides is 2. The lowest BCUT2D eigenvalue weighted by Gasteiger charge is -2.22. The van der Waals surface area contributed by atoms with Crippen LogP contribution in [0.5, 0.6) is 0 Å². The van der Waals surface area contributed by atoms with Gasteiger partial charge in [-0.1, -0.05) is 76.2 Å². The monoisotopic (exact) mass is 797 g/mol. The number of rotatable bonds is 25. The summed E-state index contributed by atoms with van der Waals surface area (Å²) in [6, 6.07) is 21.4. The molecule has 0 bridgehead atoms. The van der Waals surface area contributed by atoms with E-state index in [1.807, 2.05) is 74.2 Å². The van der Waals surface area contributed by atoms with Gasteiger partial charge in [0.25, 0.3) is 0 Å². The Kier molecular flexibility index (Phi) is 21.7. The van der Waals surface area contributed by atoms with Gasteiger partial charge in [-0.3, -0.25) is 9.59 Å². The van der Waals surface area contributed by atoms with Crippen LogP contribution in [0.1, 0.15) is 62.1 Å². The maximum Gasteiger partial charge on any atom is 0.222 e. The van der Waals surface area contributed by atoms with Crippen LogP contribution in [0.3, 0.4) is 0 Å². The second-order valence-electron chi connectivity index (χ2n) is 14.1. The zero-order valence-corrected chi connectivity index (χ0v) is 36.5. The molecule has 3 aromatic rings. The molecule has 3 rings (SSSR count). The van der Waals surface area contributed by atoms with E-state index in [-0.39, 0.29) is 11.8 Å². The minimum atomic E-state index is 0.207. The second-order valence-corrected chi connectivity index (χ2v) is 16.8. The molecule has 1 heterocycles. The van der Waals surface area contributed by atoms with Crippen LogP contribution in [0.25, 0.3) is 18.2 Å². The molecule has 56 heavy (non-hydrogen) atoms. The highest BCUT2D eigenvalue weighted by Gasteiger charge is 2.11. The van der Waals surface area contributed by atoms with Crippen LogP contribution >= 0.6 is 21.6 Å². The first-order valence-electron chi connectivity index (χ1n) is 19.8. The third-order valence-corrected chi connectivity index (χ3v) is 12.1. The van der Waals surface area contributed by atoms with Crippen molar-refractivity contribution in [3.63, 3.8) is 0 Å². The molecule has 0 aliphatic carbocycles. The Hall–Kier alpha value is -4.41. The van der Waals surface area contributed by atoms with E-state index in [1.54, 1.807) is 21.6 Å². The number of carbonyl (C=O) groups is 2. The summed E-state index contributed by atoms with van der Waals surface area (Å²) >= 11 is 0. The molecule has 1 aromatic heterocycles. The number of allylic oxidation sites excluding steroid dienone is 4. The molecule has 2 aromatic carbocycles. The van der Waals surface area contributed by atoms with Gasteiger partial charge < -0.3 is 24.9 Å². The van der Waals surface area contributed by atoms with Gasteiger partial charge >= 0.3 is 0 Å².